The summed E-state index contributed by atoms with van der Waals surface area (Å²) in [7, 11) is 0. The molecule has 9 aromatic carbocycles. The third-order valence-corrected chi connectivity index (χ3v) is 12.9. The van der Waals surface area contributed by atoms with Crippen LogP contribution in [0.4, 0.5) is 0 Å². The smallest absolute Gasteiger partial charge is 0.140 e. The number of nitrogens with zero attached hydrogens (tertiary/aromatic N) is 5. The Morgan fingerprint density at radius 2 is 0.609 bits per heavy atom. The summed E-state index contributed by atoms with van der Waals surface area (Å²) in [6, 6.07) is 58.5. The van der Waals surface area contributed by atoms with Gasteiger partial charge in [0.25, 0.3) is 0 Å². The lowest BCUT2D eigenvalue weighted by Crippen LogP contribution is -2.07. The molecule has 0 fully saturated rings. The molecular formula is C59H37N5. The average molecular weight is 823 g/mol. The maximum atomic E-state index is 10.2. The van der Waals surface area contributed by atoms with Crippen molar-refractivity contribution in [1.29, 1.82) is 0 Å². The van der Waals surface area contributed by atoms with Crippen molar-refractivity contribution in [1.82, 2.24) is 23.3 Å². The highest BCUT2D eigenvalue weighted by molar-refractivity contribution is 6.13. The minimum absolute atomic E-state index is 0.135. The molecule has 5 nitrogen and oxygen atoms in total. The second kappa shape index (κ2) is 13.4. The number of fused-ring (bicyclic) bond motifs is 12. The van der Waals surface area contributed by atoms with Crippen molar-refractivity contribution in [2.75, 3.05) is 0 Å². The van der Waals surface area contributed by atoms with Gasteiger partial charge in [0.05, 0.1) is 65.1 Å². The number of hydrogen-bond acceptors (Lipinski definition) is 1. The van der Waals surface area contributed by atoms with Gasteiger partial charge in [-0.3, -0.25) is 9.13 Å². The lowest BCUT2D eigenvalue weighted by Gasteiger charge is -2.21. The molecule has 0 bridgehead atoms. The third-order valence-electron chi connectivity index (χ3n) is 12.9. The number of para-hydroxylation sites is 8. The van der Waals surface area contributed by atoms with Crippen molar-refractivity contribution in [2.24, 2.45) is 0 Å². The molecule has 14 rings (SSSR count). The van der Waals surface area contributed by atoms with Gasteiger partial charge in [0.1, 0.15) is 11.6 Å². The van der Waals surface area contributed by atoms with Crippen LogP contribution in [0.25, 0.3) is 121 Å². The Bertz CT molecular complexity index is 4330. The zero-order valence-corrected chi connectivity index (χ0v) is 34.1. The molecule has 64 heavy (non-hydrogen) atoms. The first kappa shape index (κ1) is 28.8. The Morgan fingerprint density at radius 1 is 0.297 bits per heavy atom. The van der Waals surface area contributed by atoms with E-state index in [0.29, 0.717) is 50.4 Å². The minimum atomic E-state index is -0.364. The van der Waals surface area contributed by atoms with Crippen molar-refractivity contribution in [3.63, 3.8) is 0 Å². The van der Waals surface area contributed by atoms with E-state index < -0.39 is 0 Å². The molecule has 0 saturated heterocycles. The Morgan fingerprint density at radius 3 is 1.00 bits per heavy atom. The quantitative estimate of drug-likeness (QED) is 0.170. The number of rotatable bonds is 5. The minimum Gasteiger partial charge on any atom is -0.309 e. The van der Waals surface area contributed by atoms with E-state index in [1.807, 2.05) is 138 Å². The monoisotopic (exact) mass is 822 g/mol. The summed E-state index contributed by atoms with van der Waals surface area (Å²) in [5.41, 5.74) is 7.83. The van der Waals surface area contributed by atoms with Gasteiger partial charge in [-0.05, 0) is 78.3 Å². The summed E-state index contributed by atoms with van der Waals surface area (Å²) >= 11 is 0. The Kier molecular flexibility index (Phi) is 6.03. The maximum Gasteiger partial charge on any atom is 0.140 e. The van der Waals surface area contributed by atoms with Crippen LogP contribution in [0.2, 0.25) is 0 Å². The third kappa shape index (κ3) is 4.86. The maximum absolute atomic E-state index is 10.2. The first-order valence-corrected chi connectivity index (χ1v) is 21.3. The number of benzene rings is 9. The summed E-state index contributed by atoms with van der Waals surface area (Å²) < 4.78 is 74.7. The van der Waals surface area contributed by atoms with Crippen LogP contribution in [0.3, 0.4) is 0 Å². The van der Waals surface area contributed by atoms with Crippen molar-refractivity contribution in [2.45, 2.75) is 0 Å². The fourth-order valence-electron chi connectivity index (χ4n) is 10.3. The standard InChI is InChI=1S/C59H37N5/c1-9-26-47-39(18-1)40-19-2-10-27-48(40)61(47)55-34-17-35-56(62-49-28-11-3-20-41(49)42-21-4-12-29-50(42)62)59(55)38-36-57(63-51-30-13-5-22-43(51)44-23-6-14-31-52(44)63)60-58(37-38)64-53-32-15-7-24-45(53)46-25-8-16-33-54(46)64/h1-37H/i5D,13D,17D,22D,30D,34D,35D. The van der Waals surface area contributed by atoms with Crippen LogP contribution in [0.15, 0.2) is 224 Å². The normalized spacial score (nSPS) is 13.6. The van der Waals surface area contributed by atoms with E-state index in [1.165, 1.54) is 0 Å². The zero-order valence-electron chi connectivity index (χ0n) is 41.1. The Balaban J connectivity index is 1.24. The molecule has 0 radical (unpaired) electrons. The summed E-state index contributed by atoms with van der Waals surface area (Å²) in [5, 5.41) is 6.90. The van der Waals surface area contributed by atoms with Gasteiger partial charge in [-0.1, -0.05) is 152 Å². The number of hydrogen-bond donors (Lipinski definition) is 0. The Hall–Kier alpha value is -8.67. The molecule has 0 spiro atoms. The van der Waals surface area contributed by atoms with Crippen LogP contribution in [0.5, 0.6) is 0 Å². The summed E-state index contributed by atoms with van der Waals surface area (Å²) in [6.45, 7) is 0. The molecule has 0 N–H and O–H groups in total. The van der Waals surface area contributed by atoms with E-state index in [0.717, 1.165) is 65.4 Å². The van der Waals surface area contributed by atoms with Gasteiger partial charge in [-0.2, -0.15) is 0 Å². The second-order valence-corrected chi connectivity index (χ2v) is 16.2. The molecule has 0 aliphatic heterocycles. The van der Waals surface area contributed by atoms with Gasteiger partial charge in [0.2, 0.25) is 0 Å². The van der Waals surface area contributed by atoms with Gasteiger partial charge in [-0.15, -0.1) is 0 Å². The van der Waals surface area contributed by atoms with E-state index in [4.69, 9.17) is 7.73 Å². The van der Waals surface area contributed by atoms with Crippen LogP contribution in [-0.2, 0) is 0 Å². The van der Waals surface area contributed by atoms with E-state index in [-0.39, 0.29) is 47.8 Å². The topological polar surface area (TPSA) is 32.6 Å². The largest absolute Gasteiger partial charge is 0.309 e. The fraction of sp³-hybridized carbons (Fsp3) is 0. The number of aromatic nitrogens is 5. The lowest BCUT2D eigenvalue weighted by atomic mass is 10.0. The van der Waals surface area contributed by atoms with Gasteiger partial charge < -0.3 is 9.13 Å². The predicted molar refractivity (Wildman–Crippen MR) is 267 cm³/mol. The van der Waals surface area contributed by atoms with Gasteiger partial charge in [0.15, 0.2) is 0 Å². The van der Waals surface area contributed by atoms with Gasteiger partial charge in [0, 0.05) is 48.7 Å². The van der Waals surface area contributed by atoms with Crippen molar-refractivity contribution in [3.05, 3.63) is 224 Å². The SMILES string of the molecule is [2H]c1c([2H])c(-n2c3ccccc3c3ccccc32)c(-c2cc(-n3c4ccccc4c4ccccc43)nc(-n3c4ccccc4c4c([2H])c([2H])c([2H])c([2H])c43)c2)c(-n2c3ccccc3c3ccccc32)c1[2H]. The van der Waals surface area contributed by atoms with E-state index >= 15 is 0 Å². The molecule has 5 heteroatoms. The van der Waals surface area contributed by atoms with Crippen LogP contribution in [0.1, 0.15) is 9.60 Å². The van der Waals surface area contributed by atoms with E-state index in [9.17, 15) is 6.85 Å². The first-order chi connectivity index (χ1) is 34.7. The molecule has 0 saturated carbocycles. The van der Waals surface area contributed by atoms with E-state index in [2.05, 4.69) is 62.2 Å². The summed E-state index contributed by atoms with van der Waals surface area (Å²) in [4.78, 5) is 5.54. The molecule has 0 aliphatic rings. The molecule has 0 atom stereocenters. The van der Waals surface area contributed by atoms with Crippen molar-refractivity contribution in [3.8, 4) is 34.1 Å². The molecule has 5 heterocycles. The molecule has 14 aromatic rings. The highest BCUT2D eigenvalue weighted by Crippen LogP contribution is 2.44. The van der Waals surface area contributed by atoms with Crippen molar-refractivity contribution < 1.29 is 9.60 Å². The predicted octanol–water partition coefficient (Wildman–Crippen LogP) is 15.1. The van der Waals surface area contributed by atoms with Crippen LogP contribution in [-0.4, -0.2) is 23.3 Å². The van der Waals surface area contributed by atoms with Gasteiger partial charge >= 0.3 is 0 Å². The molecule has 5 aromatic heterocycles. The second-order valence-electron chi connectivity index (χ2n) is 16.2. The average Bonchev–Trinajstić information content (AvgIpc) is 4.15. The molecule has 0 amide bonds. The fourth-order valence-corrected chi connectivity index (χ4v) is 10.3. The van der Waals surface area contributed by atoms with Crippen LogP contribution >= 0.6 is 0 Å². The van der Waals surface area contributed by atoms with Crippen LogP contribution < -0.4 is 0 Å². The summed E-state index contributed by atoms with van der Waals surface area (Å²) in [5.74, 6) is 0.848. The van der Waals surface area contributed by atoms with Crippen LogP contribution in [0, 0.1) is 0 Å². The molecule has 0 unspecified atom stereocenters. The zero-order chi connectivity index (χ0) is 48.0. The highest BCUT2D eigenvalue weighted by Gasteiger charge is 2.25. The number of pyridine rings is 1. The molecule has 298 valence electrons. The molecule has 0 aliphatic carbocycles. The summed E-state index contributed by atoms with van der Waals surface area (Å²) in [6.07, 6.45) is 0. The van der Waals surface area contributed by atoms with Gasteiger partial charge in [-0.25, -0.2) is 4.98 Å². The van der Waals surface area contributed by atoms with Crippen molar-refractivity contribution >= 4 is 87.2 Å². The lowest BCUT2D eigenvalue weighted by molar-refractivity contribution is 1.01. The Labute approximate surface area is 377 Å². The first-order valence-electron chi connectivity index (χ1n) is 24.8. The highest BCUT2D eigenvalue weighted by atomic mass is 15.1. The van der Waals surface area contributed by atoms with E-state index in [1.54, 1.807) is 0 Å². The molecular weight excluding hydrogens is 779 g/mol.